The molecule has 0 saturated carbocycles. The van der Waals surface area contributed by atoms with Gasteiger partial charge in [-0.25, -0.2) is 0 Å². The minimum absolute atomic E-state index is 0.0314. The number of alkyl halides is 1. The van der Waals surface area contributed by atoms with Crippen molar-refractivity contribution >= 4 is 38.9 Å². The molecule has 1 heterocycles. The van der Waals surface area contributed by atoms with Crippen molar-refractivity contribution in [1.82, 2.24) is 0 Å². The Hall–Kier alpha value is -0.310. The van der Waals surface area contributed by atoms with Crippen LogP contribution >= 0.6 is 38.9 Å². The molecular weight excluding hydrogens is 304 g/mol. The van der Waals surface area contributed by atoms with E-state index in [4.69, 9.17) is 11.6 Å². The number of thiophene rings is 1. The van der Waals surface area contributed by atoms with Crippen LogP contribution in [0.3, 0.4) is 0 Å². The zero-order valence-electron chi connectivity index (χ0n) is 8.91. The maximum absolute atomic E-state index is 6.45. The summed E-state index contributed by atoms with van der Waals surface area (Å²) in [7, 11) is 0. The highest BCUT2D eigenvalue weighted by Crippen LogP contribution is 2.33. The maximum Gasteiger partial charge on any atom is 0.0636 e. The Kier molecular flexibility index (Phi) is 4.06. The molecule has 0 radical (unpaired) electrons. The van der Waals surface area contributed by atoms with E-state index in [-0.39, 0.29) is 5.38 Å². The lowest BCUT2D eigenvalue weighted by atomic mass is 10.0. The Morgan fingerprint density at radius 3 is 2.88 bits per heavy atom. The van der Waals surface area contributed by atoms with Crippen LogP contribution in [-0.2, 0) is 6.42 Å². The molecule has 0 spiro atoms. The molecular formula is C13H12BrClS. The third kappa shape index (κ3) is 2.68. The van der Waals surface area contributed by atoms with Crippen molar-refractivity contribution < 1.29 is 0 Å². The second kappa shape index (κ2) is 5.35. The Bertz CT molecular complexity index is 465. The quantitative estimate of drug-likeness (QED) is 0.670. The van der Waals surface area contributed by atoms with Gasteiger partial charge in [0.1, 0.15) is 0 Å². The fraction of sp³-hybridized carbons (Fsp3) is 0.231. The first kappa shape index (κ1) is 12.2. The van der Waals surface area contributed by atoms with Gasteiger partial charge in [-0.1, -0.05) is 34.1 Å². The molecule has 0 amide bonds. The summed E-state index contributed by atoms with van der Waals surface area (Å²) in [6, 6.07) is 8.35. The summed E-state index contributed by atoms with van der Waals surface area (Å²) in [5.74, 6) is 0. The molecule has 0 bridgehead atoms. The summed E-state index contributed by atoms with van der Waals surface area (Å²) in [6.07, 6.45) is 0.882. The van der Waals surface area contributed by atoms with Gasteiger partial charge in [0.2, 0.25) is 0 Å². The zero-order chi connectivity index (χ0) is 11.5. The molecule has 3 heteroatoms. The summed E-state index contributed by atoms with van der Waals surface area (Å²) < 4.78 is 1.13. The Balaban J connectivity index is 2.21. The number of halogens is 2. The van der Waals surface area contributed by atoms with E-state index in [2.05, 4.69) is 57.9 Å². The minimum Gasteiger partial charge on any atom is -0.152 e. The number of hydrogen-bond donors (Lipinski definition) is 0. The standard InChI is InChI=1S/C13H12BrClS/c1-9-3-2-4-11(13(9)14)12(15)7-10-5-6-16-8-10/h2-6,8,12H,7H2,1H3. The third-order valence-corrected chi connectivity index (χ3v) is 4.76. The summed E-state index contributed by atoms with van der Waals surface area (Å²) in [6.45, 7) is 2.09. The first-order chi connectivity index (χ1) is 7.68. The molecule has 0 nitrogen and oxygen atoms in total. The maximum atomic E-state index is 6.45. The highest BCUT2D eigenvalue weighted by Gasteiger charge is 2.13. The summed E-state index contributed by atoms with van der Waals surface area (Å²) in [4.78, 5) is 0. The summed E-state index contributed by atoms with van der Waals surface area (Å²) in [5, 5.41) is 4.27. The van der Waals surface area contributed by atoms with Crippen molar-refractivity contribution in [3.8, 4) is 0 Å². The normalized spacial score (nSPS) is 12.7. The van der Waals surface area contributed by atoms with Crippen molar-refractivity contribution in [2.45, 2.75) is 18.7 Å². The number of rotatable bonds is 3. The molecule has 0 saturated heterocycles. The minimum atomic E-state index is 0.0314. The second-order valence-electron chi connectivity index (χ2n) is 3.78. The molecule has 0 fully saturated rings. The predicted octanol–water partition coefficient (Wildman–Crippen LogP) is 5.34. The summed E-state index contributed by atoms with van der Waals surface area (Å²) in [5.41, 5.74) is 3.71. The Labute approximate surface area is 113 Å². The van der Waals surface area contributed by atoms with E-state index in [0.29, 0.717) is 0 Å². The topological polar surface area (TPSA) is 0 Å². The van der Waals surface area contributed by atoms with E-state index < -0.39 is 0 Å². The largest absolute Gasteiger partial charge is 0.152 e. The van der Waals surface area contributed by atoms with E-state index in [1.165, 1.54) is 16.7 Å². The molecule has 0 aliphatic carbocycles. The van der Waals surface area contributed by atoms with E-state index in [9.17, 15) is 0 Å². The number of benzene rings is 1. The van der Waals surface area contributed by atoms with Crippen molar-refractivity contribution in [3.63, 3.8) is 0 Å². The van der Waals surface area contributed by atoms with Crippen LogP contribution in [0.15, 0.2) is 39.5 Å². The smallest absolute Gasteiger partial charge is 0.0636 e. The van der Waals surface area contributed by atoms with Gasteiger partial charge in [0, 0.05) is 4.47 Å². The lowest BCUT2D eigenvalue weighted by Crippen LogP contribution is -1.97. The van der Waals surface area contributed by atoms with Gasteiger partial charge >= 0.3 is 0 Å². The molecule has 16 heavy (non-hydrogen) atoms. The average Bonchev–Trinajstić information content (AvgIpc) is 2.74. The average molecular weight is 316 g/mol. The lowest BCUT2D eigenvalue weighted by molar-refractivity contribution is 0.916. The molecule has 0 aliphatic rings. The molecule has 0 aliphatic heterocycles. The van der Waals surface area contributed by atoms with Gasteiger partial charge in [0.05, 0.1) is 5.38 Å². The molecule has 84 valence electrons. The fourth-order valence-electron chi connectivity index (χ4n) is 1.64. The van der Waals surface area contributed by atoms with E-state index in [1.807, 2.05) is 0 Å². The Morgan fingerprint density at radius 1 is 1.38 bits per heavy atom. The van der Waals surface area contributed by atoms with E-state index >= 15 is 0 Å². The van der Waals surface area contributed by atoms with Crippen LogP contribution in [0.4, 0.5) is 0 Å². The van der Waals surface area contributed by atoms with Crippen LogP contribution in [0.5, 0.6) is 0 Å². The first-order valence-corrected chi connectivity index (χ1v) is 7.26. The van der Waals surface area contributed by atoms with Gasteiger partial charge < -0.3 is 0 Å². The predicted molar refractivity (Wildman–Crippen MR) is 75.5 cm³/mol. The molecule has 0 N–H and O–H groups in total. The highest BCUT2D eigenvalue weighted by atomic mass is 79.9. The molecule has 2 rings (SSSR count). The highest BCUT2D eigenvalue weighted by molar-refractivity contribution is 9.10. The molecule has 1 atom stereocenters. The van der Waals surface area contributed by atoms with Crippen molar-refractivity contribution in [2.75, 3.05) is 0 Å². The number of aryl methyl sites for hydroxylation is 1. The van der Waals surface area contributed by atoms with Crippen molar-refractivity contribution in [2.24, 2.45) is 0 Å². The lowest BCUT2D eigenvalue weighted by Gasteiger charge is -2.12. The van der Waals surface area contributed by atoms with Crippen LogP contribution in [0, 0.1) is 6.92 Å². The van der Waals surface area contributed by atoms with Crippen molar-refractivity contribution in [1.29, 1.82) is 0 Å². The Morgan fingerprint density at radius 2 is 2.19 bits per heavy atom. The van der Waals surface area contributed by atoms with Crippen LogP contribution in [-0.4, -0.2) is 0 Å². The number of hydrogen-bond acceptors (Lipinski definition) is 1. The summed E-state index contributed by atoms with van der Waals surface area (Å²) >= 11 is 11.8. The van der Waals surface area contributed by atoms with Gasteiger partial charge in [0.25, 0.3) is 0 Å². The monoisotopic (exact) mass is 314 g/mol. The van der Waals surface area contributed by atoms with E-state index in [1.54, 1.807) is 11.3 Å². The van der Waals surface area contributed by atoms with Gasteiger partial charge in [0.15, 0.2) is 0 Å². The molecule has 1 aromatic heterocycles. The zero-order valence-corrected chi connectivity index (χ0v) is 12.1. The van der Waals surface area contributed by atoms with Crippen LogP contribution in [0.25, 0.3) is 0 Å². The van der Waals surface area contributed by atoms with Crippen LogP contribution in [0.2, 0.25) is 0 Å². The van der Waals surface area contributed by atoms with Gasteiger partial charge in [-0.05, 0) is 46.9 Å². The SMILES string of the molecule is Cc1cccc(C(Cl)Cc2ccsc2)c1Br. The first-order valence-electron chi connectivity index (χ1n) is 5.08. The van der Waals surface area contributed by atoms with Gasteiger partial charge in [-0.2, -0.15) is 11.3 Å². The molecule has 1 aromatic carbocycles. The van der Waals surface area contributed by atoms with Crippen molar-refractivity contribution in [3.05, 3.63) is 56.2 Å². The molecule has 2 aromatic rings. The van der Waals surface area contributed by atoms with Crippen LogP contribution < -0.4 is 0 Å². The third-order valence-electron chi connectivity index (χ3n) is 2.55. The van der Waals surface area contributed by atoms with Gasteiger partial charge in [-0.3, -0.25) is 0 Å². The van der Waals surface area contributed by atoms with Crippen LogP contribution in [0.1, 0.15) is 22.1 Å². The van der Waals surface area contributed by atoms with E-state index in [0.717, 1.165) is 10.9 Å². The second-order valence-corrected chi connectivity index (χ2v) is 5.88. The molecule has 1 unspecified atom stereocenters. The fourth-order valence-corrected chi connectivity index (χ4v) is 3.35. The van der Waals surface area contributed by atoms with Gasteiger partial charge in [-0.15, -0.1) is 11.6 Å².